The van der Waals surface area contributed by atoms with Crippen molar-refractivity contribution in [1.82, 2.24) is 4.90 Å². The van der Waals surface area contributed by atoms with E-state index < -0.39 is 10.9 Å². The molecule has 0 spiro atoms. The van der Waals surface area contributed by atoms with E-state index in [0.29, 0.717) is 12.2 Å². The highest BCUT2D eigenvalue weighted by Crippen LogP contribution is 2.25. The Balaban J connectivity index is 2.13. The van der Waals surface area contributed by atoms with E-state index in [1.807, 2.05) is 11.9 Å². The summed E-state index contributed by atoms with van der Waals surface area (Å²) in [5, 5.41) is 20.0. The molecule has 1 heterocycles. The lowest BCUT2D eigenvalue weighted by Gasteiger charge is -2.24. The minimum atomic E-state index is -1.15. The van der Waals surface area contributed by atoms with Gasteiger partial charge in [-0.25, -0.2) is 4.79 Å². The Hall–Kier alpha value is -2.15. The maximum absolute atomic E-state index is 11.3. The van der Waals surface area contributed by atoms with Crippen molar-refractivity contribution in [2.24, 2.45) is 0 Å². The van der Waals surface area contributed by atoms with E-state index >= 15 is 0 Å². The molecule has 0 atom stereocenters. The van der Waals surface area contributed by atoms with Crippen LogP contribution in [0, 0.1) is 10.1 Å². The highest BCUT2D eigenvalue weighted by Gasteiger charge is 2.19. The minimum absolute atomic E-state index is 0.0341. The number of aromatic carboxylic acids is 1. The lowest BCUT2D eigenvalue weighted by atomic mass is 10.1. The average molecular weight is 293 g/mol. The monoisotopic (exact) mass is 293 g/mol. The molecule has 1 saturated heterocycles. The first-order chi connectivity index (χ1) is 9.99. The fourth-order valence-corrected chi connectivity index (χ4v) is 2.56. The fourth-order valence-electron chi connectivity index (χ4n) is 2.56. The van der Waals surface area contributed by atoms with Crippen LogP contribution in [0.5, 0.6) is 0 Å². The third-order valence-electron chi connectivity index (χ3n) is 3.78. The van der Waals surface area contributed by atoms with E-state index in [4.69, 9.17) is 0 Å². The summed E-state index contributed by atoms with van der Waals surface area (Å²) in [5.74, 6) is -1.15. The van der Waals surface area contributed by atoms with Gasteiger partial charge in [0.2, 0.25) is 0 Å². The third kappa shape index (κ3) is 3.69. The summed E-state index contributed by atoms with van der Waals surface area (Å²) < 4.78 is 0. The van der Waals surface area contributed by atoms with E-state index in [1.54, 1.807) is 0 Å². The smallest absolute Gasteiger partial charge is 0.338 e. The van der Waals surface area contributed by atoms with Gasteiger partial charge in [-0.2, -0.15) is 0 Å². The van der Waals surface area contributed by atoms with E-state index in [2.05, 4.69) is 4.90 Å². The maximum Gasteiger partial charge on any atom is 0.338 e. The quantitative estimate of drug-likeness (QED) is 0.636. The number of carboxylic acids is 1. The van der Waals surface area contributed by atoms with E-state index in [0.717, 1.165) is 25.7 Å². The molecule has 0 unspecified atom stereocenters. The molecule has 114 valence electrons. The van der Waals surface area contributed by atoms with Crippen LogP contribution < -0.4 is 4.90 Å². The first kappa shape index (κ1) is 15.2. The Labute approximate surface area is 122 Å². The van der Waals surface area contributed by atoms with Crippen LogP contribution in [0.1, 0.15) is 23.2 Å². The van der Waals surface area contributed by atoms with Gasteiger partial charge in [-0.1, -0.05) is 0 Å². The molecule has 0 aliphatic carbocycles. The summed E-state index contributed by atoms with van der Waals surface area (Å²) in [6.07, 6.45) is 2.42. The van der Waals surface area contributed by atoms with Crippen LogP contribution in [-0.2, 0) is 0 Å². The minimum Gasteiger partial charge on any atom is -0.478 e. The first-order valence-corrected chi connectivity index (χ1v) is 6.94. The number of carboxylic acid groups (broad SMARTS) is 1. The van der Waals surface area contributed by atoms with Crippen LogP contribution >= 0.6 is 0 Å². The molecule has 1 fully saturated rings. The molecule has 21 heavy (non-hydrogen) atoms. The number of likely N-dealkylation sites (N-methyl/N-ethyl adjacent to an activating group) is 1. The number of hydrogen-bond donors (Lipinski definition) is 1. The summed E-state index contributed by atoms with van der Waals surface area (Å²) >= 11 is 0. The van der Waals surface area contributed by atoms with Crippen molar-refractivity contribution in [1.29, 1.82) is 0 Å². The predicted molar refractivity (Wildman–Crippen MR) is 79.0 cm³/mol. The van der Waals surface area contributed by atoms with Gasteiger partial charge in [0.25, 0.3) is 5.69 Å². The molecule has 0 saturated carbocycles. The van der Waals surface area contributed by atoms with Crippen molar-refractivity contribution in [3.63, 3.8) is 0 Å². The van der Waals surface area contributed by atoms with Gasteiger partial charge in [-0.15, -0.1) is 0 Å². The van der Waals surface area contributed by atoms with Gasteiger partial charge in [-0.3, -0.25) is 10.1 Å². The highest BCUT2D eigenvalue weighted by molar-refractivity contribution is 5.95. The summed E-state index contributed by atoms with van der Waals surface area (Å²) in [6, 6.07) is 3.96. The number of carbonyl (C=O) groups is 1. The number of likely N-dealkylation sites (tertiary alicyclic amines) is 1. The zero-order chi connectivity index (χ0) is 15.4. The number of nitro groups is 1. The van der Waals surface area contributed by atoms with Crippen molar-refractivity contribution >= 4 is 17.3 Å². The second-order valence-corrected chi connectivity index (χ2v) is 5.23. The zero-order valence-electron chi connectivity index (χ0n) is 12.0. The van der Waals surface area contributed by atoms with Crippen LogP contribution in [0.2, 0.25) is 0 Å². The first-order valence-electron chi connectivity index (χ1n) is 6.94. The molecule has 1 aliphatic rings. The summed E-state index contributed by atoms with van der Waals surface area (Å²) in [4.78, 5) is 25.6. The molecular formula is C14H19N3O4. The Bertz CT molecular complexity index is 541. The van der Waals surface area contributed by atoms with Crippen molar-refractivity contribution in [3.8, 4) is 0 Å². The zero-order valence-corrected chi connectivity index (χ0v) is 12.0. The lowest BCUT2D eigenvalue weighted by Crippen LogP contribution is -2.32. The molecule has 7 heteroatoms. The number of nitrogens with zero attached hydrogens (tertiary/aromatic N) is 3. The normalized spacial score (nSPS) is 15.1. The third-order valence-corrected chi connectivity index (χ3v) is 3.78. The molecule has 0 radical (unpaired) electrons. The van der Waals surface area contributed by atoms with Gasteiger partial charge in [-0.05, 0) is 32.0 Å². The summed E-state index contributed by atoms with van der Waals surface area (Å²) in [5.41, 5.74) is 0.268. The van der Waals surface area contributed by atoms with Crippen LogP contribution in [0.25, 0.3) is 0 Å². The second-order valence-electron chi connectivity index (χ2n) is 5.23. The highest BCUT2D eigenvalue weighted by atomic mass is 16.6. The SMILES string of the molecule is CN(CCN1CCCC1)c1ccc([N+](=O)[O-])cc1C(=O)O. The van der Waals surface area contributed by atoms with Crippen LogP contribution in [0.15, 0.2) is 18.2 Å². The number of nitro benzene ring substituents is 1. The number of hydrogen-bond acceptors (Lipinski definition) is 5. The van der Waals surface area contributed by atoms with Crippen molar-refractivity contribution in [3.05, 3.63) is 33.9 Å². The van der Waals surface area contributed by atoms with Gasteiger partial charge in [0, 0.05) is 32.3 Å². The molecule has 1 N–H and O–H groups in total. The van der Waals surface area contributed by atoms with Crippen LogP contribution in [0.4, 0.5) is 11.4 Å². The molecular weight excluding hydrogens is 274 g/mol. The molecule has 0 aromatic heterocycles. The predicted octanol–water partition coefficient (Wildman–Crippen LogP) is 1.82. The van der Waals surface area contributed by atoms with Gasteiger partial charge >= 0.3 is 5.97 Å². The molecule has 1 aromatic rings. The van der Waals surface area contributed by atoms with Gasteiger partial charge in [0.15, 0.2) is 0 Å². The topological polar surface area (TPSA) is 86.9 Å². The number of benzene rings is 1. The maximum atomic E-state index is 11.3. The molecule has 1 aliphatic heterocycles. The standard InChI is InChI=1S/C14H19N3O4/c1-15(8-9-16-6-2-3-7-16)13-5-4-11(17(20)21)10-12(13)14(18)19/h4-5,10H,2-3,6-9H2,1H3,(H,18,19). The van der Waals surface area contributed by atoms with E-state index in [-0.39, 0.29) is 11.3 Å². The Morgan fingerprint density at radius 3 is 2.67 bits per heavy atom. The molecule has 7 nitrogen and oxygen atoms in total. The van der Waals surface area contributed by atoms with Crippen molar-refractivity contribution < 1.29 is 14.8 Å². The van der Waals surface area contributed by atoms with E-state index in [9.17, 15) is 20.0 Å². The summed E-state index contributed by atoms with van der Waals surface area (Å²) in [6.45, 7) is 3.73. The van der Waals surface area contributed by atoms with Gasteiger partial charge in [0.1, 0.15) is 0 Å². The molecule has 0 amide bonds. The molecule has 2 rings (SSSR count). The fraction of sp³-hybridized carbons (Fsp3) is 0.500. The Morgan fingerprint density at radius 2 is 2.10 bits per heavy atom. The second kappa shape index (κ2) is 6.53. The molecule has 1 aromatic carbocycles. The largest absolute Gasteiger partial charge is 0.478 e. The van der Waals surface area contributed by atoms with Gasteiger partial charge < -0.3 is 14.9 Å². The number of anilines is 1. The Kier molecular flexibility index (Phi) is 4.74. The average Bonchev–Trinajstić information content (AvgIpc) is 2.97. The van der Waals surface area contributed by atoms with Gasteiger partial charge in [0.05, 0.1) is 16.2 Å². The number of rotatable bonds is 6. The van der Waals surface area contributed by atoms with Crippen molar-refractivity contribution in [2.45, 2.75) is 12.8 Å². The van der Waals surface area contributed by atoms with Crippen LogP contribution in [0.3, 0.4) is 0 Å². The number of non-ortho nitro benzene ring substituents is 1. The summed E-state index contributed by atoms with van der Waals surface area (Å²) in [7, 11) is 1.81. The van der Waals surface area contributed by atoms with E-state index in [1.165, 1.54) is 25.0 Å². The van der Waals surface area contributed by atoms with Crippen LogP contribution in [-0.4, -0.2) is 54.1 Å². The molecule has 0 bridgehead atoms. The Morgan fingerprint density at radius 1 is 1.43 bits per heavy atom. The lowest BCUT2D eigenvalue weighted by molar-refractivity contribution is -0.384. The van der Waals surface area contributed by atoms with Crippen molar-refractivity contribution in [2.75, 3.05) is 38.1 Å².